The van der Waals surface area contributed by atoms with Crippen molar-refractivity contribution in [1.82, 2.24) is 10.2 Å². The molecule has 0 aliphatic carbocycles. The van der Waals surface area contributed by atoms with Crippen molar-refractivity contribution in [2.45, 2.75) is 38.1 Å². The molecule has 0 radical (unpaired) electrons. The van der Waals surface area contributed by atoms with E-state index in [4.69, 9.17) is 15.2 Å². The van der Waals surface area contributed by atoms with Gasteiger partial charge in [-0.1, -0.05) is 0 Å². The van der Waals surface area contributed by atoms with Crippen LogP contribution in [0.25, 0.3) is 0 Å². The lowest BCUT2D eigenvalue weighted by molar-refractivity contribution is -0.136. The molecule has 0 saturated carbocycles. The minimum Gasteiger partial charge on any atom is -0.382 e. The number of nitrogens with two attached hydrogens (primary N) is 1. The number of piperidine rings is 1. The Balaban J connectivity index is 2.33. The Morgan fingerprint density at radius 1 is 1.23 bits per heavy atom. The Kier molecular flexibility index (Phi) is 9.77. The standard InChI is InChI=1S/C15H29N3O4/c1-21-10-11-22-9-6-15(20)18-8-3-2-4-13(18)12-17-14(19)5-7-16/h13H,2-12,16H2,1H3,(H,17,19). The molecule has 0 aromatic rings. The van der Waals surface area contributed by atoms with E-state index in [1.54, 1.807) is 7.11 Å². The zero-order valence-corrected chi connectivity index (χ0v) is 13.5. The van der Waals surface area contributed by atoms with Crippen LogP contribution >= 0.6 is 0 Å². The summed E-state index contributed by atoms with van der Waals surface area (Å²) in [5, 5.41) is 2.86. The molecule has 0 aromatic heterocycles. The van der Waals surface area contributed by atoms with Gasteiger partial charge in [-0.15, -0.1) is 0 Å². The summed E-state index contributed by atoms with van der Waals surface area (Å²) in [6, 6.07) is 0.0851. The molecular formula is C15H29N3O4. The summed E-state index contributed by atoms with van der Waals surface area (Å²) in [6.45, 7) is 3.06. The topological polar surface area (TPSA) is 93.9 Å². The monoisotopic (exact) mass is 315 g/mol. The van der Waals surface area contributed by atoms with Gasteiger partial charge in [0.05, 0.1) is 26.2 Å². The average molecular weight is 315 g/mol. The maximum absolute atomic E-state index is 12.3. The molecular weight excluding hydrogens is 286 g/mol. The lowest BCUT2D eigenvalue weighted by Crippen LogP contribution is -2.49. The van der Waals surface area contributed by atoms with E-state index >= 15 is 0 Å². The van der Waals surface area contributed by atoms with E-state index in [0.717, 1.165) is 25.8 Å². The Labute approximate surface area is 132 Å². The Morgan fingerprint density at radius 2 is 2.05 bits per heavy atom. The number of hydrogen-bond acceptors (Lipinski definition) is 5. The van der Waals surface area contributed by atoms with Gasteiger partial charge in [-0.05, 0) is 19.3 Å². The zero-order chi connectivity index (χ0) is 16.2. The summed E-state index contributed by atoms with van der Waals surface area (Å²) in [7, 11) is 1.62. The SMILES string of the molecule is COCCOCCC(=O)N1CCCCC1CNC(=O)CCN. The first-order valence-corrected chi connectivity index (χ1v) is 8.02. The van der Waals surface area contributed by atoms with E-state index in [2.05, 4.69) is 5.32 Å². The van der Waals surface area contributed by atoms with E-state index in [0.29, 0.717) is 45.8 Å². The predicted octanol–water partition coefficient (Wildman–Crippen LogP) is -0.114. The highest BCUT2D eigenvalue weighted by atomic mass is 16.5. The number of carbonyl (C=O) groups excluding carboxylic acids is 2. The second kappa shape index (κ2) is 11.4. The molecule has 1 atom stereocenters. The van der Waals surface area contributed by atoms with Gasteiger partial charge < -0.3 is 25.4 Å². The first kappa shape index (κ1) is 18.9. The number of methoxy groups -OCH3 is 1. The summed E-state index contributed by atoms with van der Waals surface area (Å²) in [5.41, 5.74) is 5.36. The van der Waals surface area contributed by atoms with Gasteiger partial charge in [0.1, 0.15) is 0 Å². The van der Waals surface area contributed by atoms with E-state index in [1.807, 2.05) is 4.90 Å². The molecule has 0 bridgehead atoms. The summed E-state index contributed by atoms with van der Waals surface area (Å²) in [5.74, 6) is 0.0403. The minimum absolute atomic E-state index is 0.0524. The fourth-order valence-electron chi connectivity index (χ4n) is 2.54. The van der Waals surface area contributed by atoms with Crippen LogP contribution in [0, 0.1) is 0 Å². The molecule has 22 heavy (non-hydrogen) atoms. The smallest absolute Gasteiger partial charge is 0.225 e. The van der Waals surface area contributed by atoms with Gasteiger partial charge in [-0.2, -0.15) is 0 Å². The maximum Gasteiger partial charge on any atom is 0.225 e. The van der Waals surface area contributed by atoms with Crippen LogP contribution in [0.2, 0.25) is 0 Å². The predicted molar refractivity (Wildman–Crippen MR) is 83.3 cm³/mol. The summed E-state index contributed by atoms with van der Waals surface area (Å²) in [6.07, 6.45) is 3.74. The fraction of sp³-hybridized carbons (Fsp3) is 0.867. The highest BCUT2D eigenvalue weighted by molar-refractivity contribution is 5.77. The maximum atomic E-state index is 12.3. The summed E-state index contributed by atoms with van der Waals surface area (Å²) in [4.78, 5) is 25.7. The van der Waals surface area contributed by atoms with Crippen LogP contribution in [-0.4, -0.2) is 69.3 Å². The number of carbonyl (C=O) groups is 2. The number of ether oxygens (including phenoxy) is 2. The van der Waals surface area contributed by atoms with Gasteiger partial charge >= 0.3 is 0 Å². The van der Waals surface area contributed by atoms with Crippen LogP contribution in [0.1, 0.15) is 32.1 Å². The number of likely N-dealkylation sites (tertiary alicyclic amines) is 1. The molecule has 1 saturated heterocycles. The molecule has 7 heteroatoms. The second-order valence-corrected chi connectivity index (χ2v) is 5.43. The highest BCUT2D eigenvalue weighted by Crippen LogP contribution is 2.17. The molecule has 1 aliphatic heterocycles. The molecule has 1 aliphatic rings. The normalized spacial score (nSPS) is 18.3. The fourth-order valence-corrected chi connectivity index (χ4v) is 2.54. The van der Waals surface area contributed by atoms with Crippen molar-refractivity contribution in [2.24, 2.45) is 5.73 Å². The average Bonchev–Trinajstić information content (AvgIpc) is 2.53. The van der Waals surface area contributed by atoms with Crippen LogP contribution in [0.4, 0.5) is 0 Å². The van der Waals surface area contributed by atoms with Crippen molar-refractivity contribution in [3.05, 3.63) is 0 Å². The van der Waals surface area contributed by atoms with Crippen LogP contribution in [0.15, 0.2) is 0 Å². The molecule has 1 unspecified atom stereocenters. The third-order valence-electron chi connectivity index (χ3n) is 3.75. The molecule has 1 fully saturated rings. The van der Waals surface area contributed by atoms with Crippen molar-refractivity contribution in [2.75, 3.05) is 46.6 Å². The number of rotatable bonds is 10. The lowest BCUT2D eigenvalue weighted by atomic mass is 10.0. The first-order chi connectivity index (χ1) is 10.7. The molecule has 0 spiro atoms. The number of nitrogens with zero attached hydrogens (tertiary/aromatic N) is 1. The van der Waals surface area contributed by atoms with Gasteiger partial charge in [-0.3, -0.25) is 9.59 Å². The Hall–Kier alpha value is -1.18. The summed E-state index contributed by atoms with van der Waals surface area (Å²) >= 11 is 0. The van der Waals surface area contributed by atoms with E-state index in [-0.39, 0.29) is 17.9 Å². The van der Waals surface area contributed by atoms with Crippen molar-refractivity contribution >= 4 is 11.8 Å². The molecule has 1 rings (SSSR count). The largest absolute Gasteiger partial charge is 0.382 e. The van der Waals surface area contributed by atoms with Gasteiger partial charge in [0.2, 0.25) is 11.8 Å². The highest BCUT2D eigenvalue weighted by Gasteiger charge is 2.26. The number of hydrogen-bond donors (Lipinski definition) is 2. The molecule has 1 heterocycles. The summed E-state index contributed by atoms with van der Waals surface area (Å²) < 4.78 is 10.2. The lowest BCUT2D eigenvalue weighted by Gasteiger charge is -2.36. The van der Waals surface area contributed by atoms with Crippen molar-refractivity contribution < 1.29 is 19.1 Å². The third-order valence-corrected chi connectivity index (χ3v) is 3.75. The van der Waals surface area contributed by atoms with Crippen molar-refractivity contribution in [3.63, 3.8) is 0 Å². The zero-order valence-electron chi connectivity index (χ0n) is 13.5. The van der Waals surface area contributed by atoms with Crippen molar-refractivity contribution in [1.29, 1.82) is 0 Å². The molecule has 3 N–H and O–H groups in total. The molecule has 2 amide bonds. The van der Waals surface area contributed by atoms with Crippen LogP contribution < -0.4 is 11.1 Å². The second-order valence-electron chi connectivity index (χ2n) is 5.43. The quantitative estimate of drug-likeness (QED) is 0.548. The third kappa shape index (κ3) is 7.20. The van der Waals surface area contributed by atoms with E-state index < -0.39 is 0 Å². The Bertz CT molecular complexity index is 339. The Morgan fingerprint density at radius 3 is 2.77 bits per heavy atom. The molecule has 0 aromatic carbocycles. The van der Waals surface area contributed by atoms with E-state index in [1.165, 1.54) is 0 Å². The van der Waals surface area contributed by atoms with Crippen molar-refractivity contribution in [3.8, 4) is 0 Å². The van der Waals surface area contributed by atoms with Gasteiger partial charge in [0, 0.05) is 39.2 Å². The first-order valence-electron chi connectivity index (χ1n) is 8.02. The molecule has 128 valence electrons. The van der Waals surface area contributed by atoms with E-state index in [9.17, 15) is 9.59 Å². The number of nitrogens with one attached hydrogen (secondary N) is 1. The van der Waals surface area contributed by atoms with Gasteiger partial charge in [-0.25, -0.2) is 0 Å². The van der Waals surface area contributed by atoms with Crippen LogP contribution in [0.5, 0.6) is 0 Å². The van der Waals surface area contributed by atoms with Gasteiger partial charge in [0.25, 0.3) is 0 Å². The van der Waals surface area contributed by atoms with Crippen LogP contribution in [0.3, 0.4) is 0 Å². The number of amides is 2. The molecule has 7 nitrogen and oxygen atoms in total. The van der Waals surface area contributed by atoms with Gasteiger partial charge in [0.15, 0.2) is 0 Å². The minimum atomic E-state index is -0.0524. The van der Waals surface area contributed by atoms with Crippen LogP contribution in [-0.2, 0) is 19.1 Å².